The molecule has 0 radical (unpaired) electrons. The number of aliphatic hydroxyl groups is 1. The molecule has 3 aromatic carbocycles. The van der Waals surface area contributed by atoms with Crippen molar-refractivity contribution in [2.75, 3.05) is 13.4 Å². The lowest BCUT2D eigenvalue weighted by atomic mass is 10.1. The van der Waals surface area contributed by atoms with E-state index in [-0.39, 0.29) is 22.2 Å². The molecule has 0 saturated heterocycles. The maximum absolute atomic E-state index is 14.9. The molecule has 0 aliphatic rings. The summed E-state index contributed by atoms with van der Waals surface area (Å²) in [5.41, 5.74) is 8.98. The summed E-state index contributed by atoms with van der Waals surface area (Å²) in [4.78, 5) is 21.6. The van der Waals surface area contributed by atoms with Crippen molar-refractivity contribution in [2.45, 2.75) is 24.3 Å². The third-order valence-electron chi connectivity index (χ3n) is 5.53. The fourth-order valence-corrected chi connectivity index (χ4v) is 4.91. The average molecular weight is 553 g/mol. The van der Waals surface area contributed by atoms with Gasteiger partial charge in [0.2, 0.25) is 0 Å². The second-order valence-electron chi connectivity index (χ2n) is 8.35. The minimum atomic E-state index is -3.81. The van der Waals surface area contributed by atoms with E-state index >= 15 is 0 Å². The number of halogens is 1. The Hall–Kier alpha value is -4.35. The number of nitrogens with zero attached hydrogens (tertiary/aromatic N) is 2. The lowest BCUT2D eigenvalue weighted by molar-refractivity contribution is -0.107. The Morgan fingerprint density at radius 2 is 1.85 bits per heavy atom. The second kappa shape index (κ2) is 13.4. The monoisotopic (exact) mass is 552 g/mol. The third-order valence-corrected chi connectivity index (χ3v) is 6.68. The quantitative estimate of drug-likeness (QED) is 0.153. The van der Waals surface area contributed by atoms with E-state index in [1.165, 1.54) is 24.7 Å². The molecule has 11 heteroatoms. The lowest BCUT2D eigenvalue weighted by Crippen LogP contribution is -2.13. The van der Waals surface area contributed by atoms with Crippen LogP contribution in [0.1, 0.15) is 23.1 Å². The number of aromatic nitrogens is 1. The fraction of sp³-hybridized carbons (Fsp3) is 0.179. The lowest BCUT2D eigenvalue weighted by Gasteiger charge is -2.13. The standard InChI is InChI=1S/C27H25FN4O4S.CH4O/c1-37(34,35)26-22-10-11-31-24(22)15-23(28)25(26)36-21-9-3-8-20(14-21)27(29)32-17-30-16-19-6-2-5-18(13-19)7-4-12-33;1-2/h2-3,5-6,8-15,17,31H,4,7,16H2,1H3,(H2,29,30,32);2H,1H3. The predicted octanol–water partition coefficient (Wildman–Crippen LogP) is 4.18. The maximum atomic E-state index is 14.9. The molecule has 204 valence electrons. The van der Waals surface area contributed by atoms with E-state index in [0.717, 1.165) is 30.8 Å². The van der Waals surface area contributed by atoms with E-state index in [4.69, 9.17) is 15.6 Å². The molecule has 4 rings (SSSR count). The molecule has 4 aromatic rings. The van der Waals surface area contributed by atoms with Crippen molar-refractivity contribution >= 4 is 39.2 Å². The summed E-state index contributed by atoms with van der Waals surface area (Å²) in [6.07, 6.45) is 5.93. The number of aliphatic imine (C=N–C) groups is 2. The molecular weight excluding hydrogens is 523 g/mol. The molecule has 39 heavy (non-hydrogen) atoms. The highest BCUT2D eigenvalue weighted by Gasteiger charge is 2.24. The zero-order valence-corrected chi connectivity index (χ0v) is 22.3. The van der Waals surface area contributed by atoms with Crippen LogP contribution < -0.4 is 10.5 Å². The van der Waals surface area contributed by atoms with Gasteiger partial charge in [0, 0.05) is 48.5 Å². The van der Waals surface area contributed by atoms with Gasteiger partial charge in [0.25, 0.3) is 0 Å². The van der Waals surface area contributed by atoms with Crippen LogP contribution in [0.3, 0.4) is 0 Å². The molecule has 0 atom stereocenters. The van der Waals surface area contributed by atoms with Crippen LogP contribution in [0.5, 0.6) is 11.5 Å². The zero-order valence-electron chi connectivity index (χ0n) is 21.5. The summed E-state index contributed by atoms with van der Waals surface area (Å²) in [5.74, 6) is -0.860. The number of aromatic amines is 1. The first kappa shape index (κ1) is 29.2. The Bertz CT molecular complexity index is 1610. The highest BCUT2D eigenvalue weighted by atomic mass is 32.2. The van der Waals surface area contributed by atoms with Crippen molar-refractivity contribution in [3.05, 3.63) is 89.4 Å². The van der Waals surface area contributed by atoms with Gasteiger partial charge in [0.1, 0.15) is 29.1 Å². The number of benzene rings is 3. The van der Waals surface area contributed by atoms with E-state index in [1.807, 2.05) is 24.3 Å². The largest absolute Gasteiger partial charge is 0.453 e. The van der Waals surface area contributed by atoms with Crippen LogP contribution in [0.4, 0.5) is 4.39 Å². The maximum Gasteiger partial charge on any atom is 0.182 e. The smallest absolute Gasteiger partial charge is 0.182 e. The summed E-state index contributed by atoms with van der Waals surface area (Å²) in [6, 6.07) is 17.0. The number of aryl methyl sites for hydroxylation is 1. The molecule has 0 unspecified atom stereocenters. The number of H-pyrrole nitrogens is 1. The van der Waals surface area contributed by atoms with Crippen LogP contribution in [0.25, 0.3) is 10.9 Å². The van der Waals surface area contributed by atoms with Gasteiger partial charge in [0.15, 0.2) is 21.4 Å². The Labute approximate surface area is 225 Å². The number of fused-ring (bicyclic) bond motifs is 1. The van der Waals surface area contributed by atoms with Crippen molar-refractivity contribution in [3.8, 4) is 11.5 Å². The van der Waals surface area contributed by atoms with E-state index in [9.17, 15) is 17.6 Å². The zero-order chi connectivity index (χ0) is 28.4. The SMILES string of the molecule is CO.CS(=O)(=O)c1c(Oc2cccc(C(N)=NC=NCc3cccc(CCC=O)c3)c2)c(F)cc2[nH]ccc12. The molecule has 0 spiro atoms. The number of rotatable bonds is 10. The van der Waals surface area contributed by atoms with Gasteiger partial charge in [-0.15, -0.1) is 0 Å². The van der Waals surface area contributed by atoms with Crippen molar-refractivity contribution in [2.24, 2.45) is 15.7 Å². The van der Waals surface area contributed by atoms with Crippen LogP contribution >= 0.6 is 0 Å². The van der Waals surface area contributed by atoms with Gasteiger partial charge < -0.3 is 25.4 Å². The number of carbonyl (C=O) groups is 1. The summed E-state index contributed by atoms with van der Waals surface area (Å²) < 4.78 is 45.5. The van der Waals surface area contributed by atoms with Gasteiger partial charge in [-0.2, -0.15) is 0 Å². The van der Waals surface area contributed by atoms with Crippen LogP contribution in [0, 0.1) is 5.82 Å². The summed E-state index contributed by atoms with van der Waals surface area (Å²) >= 11 is 0. The minimum absolute atomic E-state index is 0.152. The molecule has 1 aromatic heterocycles. The van der Waals surface area contributed by atoms with Crippen LogP contribution in [0.15, 0.2) is 81.7 Å². The molecule has 0 fully saturated rings. The van der Waals surface area contributed by atoms with Crippen LogP contribution in [0.2, 0.25) is 0 Å². The van der Waals surface area contributed by atoms with Gasteiger partial charge in [-0.1, -0.05) is 36.4 Å². The van der Waals surface area contributed by atoms with Crippen molar-refractivity contribution in [1.29, 1.82) is 0 Å². The number of sulfone groups is 1. The topological polar surface area (TPSA) is 147 Å². The van der Waals surface area contributed by atoms with Crippen molar-refractivity contribution in [1.82, 2.24) is 4.98 Å². The Morgan fingerprint density at radius 3 is 2.59 bits per heavy atom. The molecule has 0 aliphatic heterocycles. The number of nitrogens with one attached hydrogen (secondary N) is 1. The number of aldehydes is 1. The molecule has 0 amide bonds. The first-order valence-corrected chi connectivity index (χ1v) is 13.7. The van der Waals surface area contributed by atoms with Gasteiger partial charge in [-0.3, -0.25) is 4.99 Å². The molecule has 0 bridgehead atoms. The predicted molar refractivity (Wildman–Crippen MR) is 150 cm³/mol. The van der Waals surface area contributed by atoms with E-state index in [0.29, 0.717) is 35.9 Å². The average Bonchev–Trinajstić information content (AvgIpc) is 3.38. The van der Waals surface area contributed by atoms with E-state index in [1.54, 1.807) is 24.3 Å². The van der Waals surface area contributed by atoms with E-state index < -0.39 is 15.7 Å². The first-order chi connectivity index (χ1) is 18.8. The Kier molecular flexibility index (Phi) is 10.1. The molecule has 0 aliphatic carbocycles. The number of ether oxygens (including phenoxy) is 1. The normalized spacial score (nSPS) is 11.8. The van der Waals surface area contributed by atoms with Gasteiger partial charge >= 0.3 is 0 Å². The van der Waals surface area contributed by atoms with Crippen LogP contribution in [-0.2, 0) is 27.6 Å². The van der Waals surface area contributed by atoms with E-state index in [2.05, 4.69) is 15.0 Å². The number of hydrogen-bond donors (Lipinski definition) is 3. The highest BCUT2D eigenvalue weighted by Crippen LogP contribution is 2.37. The van der Waals surface area contributed by atoms with Crippen molar-refractivity contribution < 1.29 is 27.4 Å². The molecule has 1 heterocycles. The number of amidine groups is 1. The van der Waals surface area contributed by atoms with Crippen LogP contribution in [-0.4, -0.2) is 50.3 Å². The Morgan fingerprint density at radius 1 is 1.10 bits per heavy atom. The number of nitrogens with two attached hydrogens (primary N) is 1. The number of carbonyl (C=O) groups excluding carboxylic acids is 1. The third kappa shape index (κ3) is 7.59. The minimum Gasteiger partial charge on any atom is -0.453 e. The van der Waals surface area contributed by atoms with Gasteiger partial charge in [-0.05, 0) is 35.7 Å². The summed E-state index contributed by atoms with van der Waals surface area (Å²) in [6.45, 7) is 0.393. The number of hydrogen-bond acceptors (Lipinski definition) is 6. The van der Waals surface area contributed by atoms with Gasteiger partial charge in [-0.25, -0.2) is 17.8 Å². The number of aliphatic hydroxyl groups excluding tert-OH is 1. The molecule has 4 N–H and O–H groups in total. The highest BCUT2D eigenvalue weighted by molar-refractivity contribution is 7.91. The molecular formula is C28H29FN4O5S. The molecule has 9 nitrogen and oxygen atoms in total. The first-order valence-electron chi connectivity index (χ1n) is 11.8. The summed E-state index contributed by atoms with van der Waals surface area (Å²) in [5, 5.41) is 7.33. The van der Waals surface area contributed by atoms with Crippen molar-refractivity contribution in [3.63, 3.8) is 0 Å². The molecule has 0 saturated carbocycles. The second-order valence-corrected chi connectivity index (χ2v) is 10.3. The van der Waals surface area contributed by atoms with Gasteiger partial charge in [0.05, 0.1) is 6.54 Å². The summed E-state index contributed by atoms with van der Waals surface area (Å²) in [7, 11) is -2.81. The fourth-order valence-electron chi connectivity index (χ4n) is 3.86. The Balaban J connectivity index is 0.00000205.